The van der Waals surface area contributed by atoms with E-state index in [0.717, 1.165) is 25.0 Å². The second kappa shape index (κ2) is 5.37. The van der Waals surface area contributed by atoms with Gasteiger partial charge in [-0.3, -0.25) is 4.90 Å². The van der Waals surface area contributed by atoms with Crippen LogP contribution in [-0.2, 0) is 6.54 Å². The minimum Gasteiger partial charge on any atom is -0.314 e. The second-order valence-corrected chi connectivity index (χ2v) is 5.61. The van der Waals surface area contributed by atoms with Crippen molar-refractivity contribution in [3.63, 3.8) is 0 Å². The van der Waals surface area contributed by atoms with Crippen molar-refractivity contribution in [1.29, 1.82) is 0 Å². The summed E-state index contributed by atoms with van der Waals surface area (Å²) < 4.78 is 12.9. The molecule has 3 heteroatoms. The maximum Gasteiger partial charge on any atom is 0.123 e. The number of benzene rings is 1. The smallest absolute Gasteiger partial charge is 0.123 e. The number of hydrogen-bond acceptors (Lipinski definition) is 2. The molecule has 2 fully saturated rings. The maximum atomic E-state index is 12.9. The van der Waals surface area contributed by atoms with Gasteiger partial charge < -0.3 is 5.32 Å². The highest BCUT2D eigenvalue weighted by molar-refractivity contribution is 5.16. The van der Waals surface area contributed by atoms with E-state index in [2.05, 4.69) is 10.2 Å². The topological polar surface area (TPSA) is 15.3 Å². The third kappa shape index (κ3) is 2.73. The van der Waals surface area contributed by atoms with E-state index < -0.39 is 0 Å². The Hall–Kier alpha value is -0.930. The fourth-order valence-corrected chi connectivity index (χ4v) is 3.31. The molecular formula is C15H21FN2. The predicted molar refractivity (Wildman–Crippen MR) is 70.8 cm³/mol. The van der Waals surface area contributed by atoms with Crippen LogP contribution in [0.2, 0.25) is 0 Å². The van der Waals surface area contributed by atoms with Crippen LogP contribution >= 0.6 is 0 Å². The van der Waals surface area contributed by atoms with Crippen LogP contribution in [0.25, 0.3) is 0 Å². The van der Waals surface area contributed by atoms with E-state index in [4.69, 9.17) is 0 Å². The number of likely N-dealkylation sites (tertiary alicyclic amines) is 1. The highest BCUT2D eigenvalue weighted by Gasteiger charge is 2.30. The molecule has 0 aromatic heterocycles. The van der Waals surface area contributed by atoms with Gasteiger partial charge in [0.05, 0.1) is 0 Å². The molecule has 0 aliphatic carbocycles. The highest BCUT2D eigenvalue weighted by atomic mass is 19.1. The molecule has 0 spiro atoms. The fraction of sp³-hybridized carbons (Fsp3) is 0.600. The average molecular weight is 248 g/mol. The van der Waals surface area contributed by atoms with Crippen molar-refractivity contribution < 1.29 is 4.39 Å². The molecule has 1 N–H and O–H groups in total. The SMILES string of the molecule is Fc1ccc(CN2CCC3NCCCC3C2)cc1. The lowest BCUT2D eigenvalue weighted by atomic mass is 9.85. The van der Waals surface area contributed by atoms with Gasteiger partial charge in [-0.25, -0.2) is 4.39 Å². The zero-order chi connectivity index (χ0) is 12.4. The summed E-state index contributed by atoms with van der Waals surface area (Å²) in [5.74, 6) is 0.668. The van der Waals surface area contributed by atoms with Crippen LogP contribution in [0.15, 0.2) is 24.3 Å². The summed E-state index contributed by atoms with van der Waals surface area (Å²) >= 11 is 0. The Morgan fingerprint density at radius 2 is 2.06 bits per heavy atom. The molecule has 0 saturated carbocycles. The second-order valence-electron chi connectivity index (χ2n) is 5.61. The summed E-state index contributed by atoms with van der Waals surface area (Å²) in [6, 6.07) is 7.67. The van der Waals surface area contributed by atoms with Gasteiger partial charge in [0.15, 0.2) is 0 Å². The summed E-state index contributed by atoms with van der Waals surface area (Å²) in [6.45, 7) is 4.50. The Morgan fingerprint density at radius 3 is 2.89 bits per heavy atom. The van der Waals surface area contributed by atoms with Gasteiger partial charge in [0.1, 0.15) is 5.82 Å². The first kappa shape index (κ1) is 12.1. The summed E-state index contributed by atoms with van der Waals surface area (Å²) in [4.78, 5) is 2.52. The van der Waals surface area contributed by atoms with E-state index in [1.165, 1.54) is 37.9 Å². The Morgan fingerprint density at radius 1 is 1.22 bits per heavy atom. The zero-order valence-electron chi connectivity index (χ0n) is 10.7. The van der Waals surface area contributed by atoms with Gasteiger partial charge >= 0.3 is 0 Å². The van der Waals surface area contributed by atoms with Crippen LogP contribution in [0.5, 0.6) is 0 Å². The average Bonchev–Trinajstić information content (AvgIpc) is 2.41. The minimum absolute atomic E-state index is 0.145. The molecule has 0 radical (unpaired) electrons. The first-order chi connectivity index (χ1) is 8.81. The van der Waals surface area contributed by atoms with E-state index in [9.17, 15) is 4.39 Å². The minimum atomic E-state index is -0.145. The molecule has 0 bridgehead atoms. The van der Waals surface area contributed by atoms with Crippen LogP contribution in [0, 0.1) is 11.7 Å². The van der Waals surface area contributed by atoms with E-state index in [1.807, 2.05) is 12.1 Å². The number of halogens is 1. The number of nitrogens with zero attached hydrogens (tertiary/aromatic N) is 1. The van der Waals surface area contributed by atoms with Gasteiger partial charge in [-0.15, -0.1) is 0 Å². The summed E-state index contributed by atoms with van der Waals surface area (Å²) in [7, 11) is 0. The standard InChI is InChI=1S/C15H21FN2/c16-14-5-3-12(4-6-14)10-18-9-7-15-13(11-18)2-1-8-17-15/h3-6,13,15,17H,1-2,7-11H2. The van der Waals surface area contributed by atoms with Crippen molar-refractivity contribution >= 4 is 0 Å². The summed E-state index contributed by atoms with van der Waals surface area (Å²) in [5.41, 5.74) is 1.22. The van der Waals surface area contributed by atoms with Gasteiger partial charge in [0, 0.05) is 19.1 Å². The van der Waals surface area contributed by atoms with Crippen LogP contribution in [0.3, 0.4) is 0 Å². The molecular weight excluding hydrogens is 227 g/mol. The molecule has 2 unspecified atom stereocenters. The molecule has 2 atom stereocenters. The molecule has 18 heavy (non-hydrogen) atoms. The van der Waals surface area contributed by atoms with Crippen molar-refractivity contribution in [3.8, 4) is 0 Å². The van der Waals surface area contributed by atoms with Crippen LogP contribution in [0.1, 0.15) is 24.8 Å². The highest BCUT2D eigenvalue weighted by Crippen LogP contribution is 2.25. The molecule has 1 aromatic carbocycles. The third-order valence-corrected chi connectivity index (χ3v) is 4.30. The fourth-order valence-electron chi connectivity index (χ4n) is 3.31. The lowest BCUT2D eigenvalue weighted by molar-refractivity contribution is 0.109. The quantitative estimate of drug-likeness (QED) is 0.864. The van der Waals surface area contributed by atoms with Crippen molar-refractivity contribution in [2.75, 3.05) is 19.6 Å². The van der Waals surface area contributed by atoms with E-state index in [1.54, 1.807) is 12.1 Å². The van der Waals surface area contributed by atoms with Gasteiger partial charge in [0.25, 0.3) is 0 Å². The molecule has 2 aliphatic rings. The molecule has 3 rings (SSSR count). The van der Waals surface area contributed by atoms with Crippen molar-refractivity contribution in [2.45, 2.75) is 31.8 Å². The molecule has 2 nitrogen and oxygen atoms in total. The summed E-state index contributed by atoms with van der Waals surface area (Å²) in [6.07, 6.45) is 3.93. The van der Waals surface area contributed by atoms with Crippen molar-refractivity contribution in [2.24, 2.45) is 5.92 Å². The van der Waals surface area contributed by atoms with E-state index in [0.29, 0.717) is 0 Å². The lowest BCUT2D eigenvalue weighted by Crippen LogP contribution is -2.51. The molecule has 2 heterocycles. The Balaban J connectivity index is 1.59. The summed E-state index contributed by atoms with van der Waals surface area (Å²) in [5, 5.41) is 3.64. The Bertz CT molecular complexity index is 390. The number of nitrogens with one attached hydrogen (secondary N) is 1. The maximum absolute atomic E-state index is 12.9. The molecule has 0 amide bonds. The van der Waals surface area contributed by atoms with Gasteiger partial charge in [-0.2, -0.15) is 0 Å². The van der Waals surface area contributed by atoms with Crippen LogP contribution < -0.4 is 5.32 Å². The lowest BCUT2D eigenvalue weighted by Gasteiger charge is -2.41. The van der Waals surface area contributed by atoms with E-state index in [-0.39, 0.29) is 5.82 Å². The number of rotatable bonds is 2. The largest absolute Gasteiger partial charge is 0.314 e. The van der Waals surface area contributed by atoms with Crippen LogP contribution in [0.4, 0.5) is 4.39 Å². The van der Waals surface area contributed by atoms with Crippen LogP contribution in [-0.4, -0.2) is 30.6 Å². The van der Waals surface area contributed by atoms with E-state index >= 15 is 0 Å². The van der Waals surface area contributed by atoms with Gasteiger partial charge in [0.2, 0.25) is 0 Å². The Kier molecular flexibility index (Phi) is 3.62. The zero-order valence-corrected chi connectivity index (χ0v) is 10.7. The van der Waals surface area contributed by atoms with Crippen molar-refractivity contribution in [1.82, 2.24) is 10.2 Å². The number of piperidine rings is 2. The normalized spacial score (nSPS) is 28.9. The van der Waals surface area contributed by atoms with Crippen molar-refractivity contribution in [3.05, 3.63) is 35.6 Å². The molecule has 1 aromatic rings. The van der Waals surface area contributed by atoms with Gasteiger partial charge in [-0.05, 0) is 56.0 Å². The number of hydrogen-bond donors (Lipinski definition) is 1. The van der Waals surface area contributed by atoms with Gasteiger partial charge in [-0.1, -0.05) is 12.1 Å². The molecule has 98 valence electrons. The number of fused-ring (bicyclic) bond motifs is 1. The Labute approximate surface area is 108 Å². The monoisotopic (exact) mass is 248 g/mol. The predicted octanol–water partition coefficient (Wildman–Crippen LogP) is 2.40. The first-order valence-corrected chi connectivity index (χ1v) is 7.01. The third-order valence-electron chi connectivity index (χ3n) is 4.30. The first-order valence-electron chi connectivity index (χ1n) is 7.01. The molecule has 2 aliphatic heterocycles. The molecule has 2 saturated heterocycles.